The van der Waals surface area contributed by atoms with Crippen molar-refractivity contribution in [1.82, 2.24) is 14.6 Å². The highest BCUT2D eigenvalue weighted by atomic mass is 35.5. The van der Waals surface area contributed by atoms with Gasteiger partial charge >= 0.3 is 0 Å². The summed E-state index contributed by atoms with van der Waals surface area (Å²) in [7, 11) is 0. The summed E-state index contributed by atoms with van der Waals surface area (Å²) in [5, 5.41) is 8.93. The van der Waals surface area contributed by atoms with Gasteiger partial charge in [0.25, 0.3) is 5.56 Å². The Morgan fingerprint density at radius 3 is 2.69 bits per heavy atom. The van der Waals surface area contributed by atoms with E-state index in [-0.39, 0.29) is 5.56 Å². The zero-order chi connectivity index (χ0) is 18.1. The van der Waals surface area contributed by atoms with Crippen LogP contribution in [0.2, 0.25) is 5.02 Å². The molecule has 4 rings (SSSR count). The average molecular weight is 384 g/mol. The second kappa shape index (κ2) is 6.90. The number of aromatic nitrogens is 3. The van der Waals surface area contributed by atoms with E-state index < -0.39 is 0 Å². The van der Waals surface area contributed by atoms with Gasteiger partial charge in [-0.05, 0) is 43.3 Å². The van der Waals surface area contributed by atoms with Gasteiger partial charge < -0.3 is 4.74 Å². The van der Waals surface area contributed by atoms with Gasteiger partial charge in [-0.3, -0.25) is 4.79 Å². The van der Waals surface area contributed by atoms with E-state index in [0.29, 0.717) is 26.9 Å². The maximum absolute atomic E-state index is 12.9. The van der Waals surface area contributed by atoms with Gasteiger partial charge in [-0.25, -0.2) is 4.40 Å². The van der Waals surface area contributed by atoms with E-state index >= 15 is 0 Å². The van der Waals surface area contributed by atoms with Crippen LogP contribution in [-0.4, -0.2) is 21.2 Å². The molecule has 7 heteroatoms. The number of rotatable bonds is 4. The Morgan fingerprint density at radius 1 is 1.15 bits per heavy atom. The average Bonchev–Trinajstić information content (AvgIpc) is 3.19. The van der Waals surface area contributed by atoms with Crippen LogP contribution in [0.1, 0.15) is 12.5 Å². The summed E-state index contributed by atoms with van der Waals surface area (Å²) in [5.74, 6) is 1.26. The number of nitrogens with zero attached hydrogens (tertiary/aromatic N) is 3. The smallest absolute Gasteiger partial charge is 0.276 e. The predicted octanol–water partition coefficient (Wildman–Crippen LogP) is 3.42. The van der Waals surface area contributed by atoms with Gasteiger partial charge in [0.1, 0.15) is 5.75 Å². The molecule has 4 aromatic rings. The molecule has 0 N–H and O–H groups in total. The van der Waals surface area contributed by atoms with E-state index in [4.69, 9.17) is 16.3 Å². The van der Waals surface area contributed by atoms with Gasteiger partial charge in [-0.2, -0.15) is 0 Å². The normalized spacial score (nSPS) is 12.0. The molecule has 26 heavy (non-hydrogen) atoms. The summed E-state index contributed by atoms with van der Waals surface area (Å²) in [5.41, 5.74) is 1.50. The quantitative estimate of drug-likeness (QED) is 0.542. The third kappa shape index (κ3) is 2.98. The van der Waals surface area contributed by atoms with Crippen LogP contribution in [-0.2, 0) is 0 Å². The van der Waals surface area contributed by atoms with Crippen molar-refractivity contribution in [2.45, 2.75) is 6.92 Å². The highest BCUT2D eigenvalue weighted by molar-refractivity contribution is 7.15. The molecule has 0 unspecified atom stereocenters. The molecule has 0 radical (unpaired) electrons. The highest BCUT2D eigenvalue weighted by Crippen LogP contribution is 2.21. The fraction of sp³-hybridized carbons (Fsp3) is 0.105. The lowest BCUT2D eigenvalue weighted by atomic mass is 10.2. The first-order valence-electron chi connectivity index (χ1n) is 8.05. The monoisotopic (exact) mass is 383 g/mol. The fourth-order valence-corrected chi connectivity index (χ4v) is 3.71. The van der Waals surface area contributed by atoms with Crippen LogP contribution in [0.25, 0.3) is 22.4 Å². The van der Waals surface area contributed by atoms with Gasteiger partial charge in [-0.1, -0.05) is 41.1 Å². The number of benzene rings is 2. The molecule has 0 saturated heterocycles. The molecule has 0 aliphatic rings. The first kappa shape index (κ1) is 16.8. The molecular weight excluding hydrogens is 370 g/mol. The van der Waals surface area contributed by atoms with Crippen molar-refractivity contribution in [3.8, 4) is 17.1 Å². The van der Waals surface area contributed by atoms with Crippen LogP contribution in [0.5, 0.6) is 5.75 Å². The van der Waals surface area contributed by atoms with Gasteiger partial charge in [0.05, 0.1) is 11.1 Å². The first-order valence-corrected chi connectivity index (χ1v) is 9.24. The van der Waals surface area contributed by atoms with Gasteiger partial charge in [-0.15, -0.1) is 10.2 Å². The number of halogens is 1. The summed E-state index contributed by atoms with van der Waals surface area (Å²) in [6.45, 7) is 2.49. The third-order valence-electron chi connectivity index (χ3n) is 3.86. The number of para-hydroxylation sites is 1. The number of fused-ring (bicyclic) bond motifs is 1. The summed E-state index contributed by atoms with van der Waals surface area (Å²) < 4.78 is 7.74. The van der Waals surface area contributed by atoms with Crippen molar-refractivity contribution < 1.29 is 4.74 Å². The van der Waals surface area contributed by atoms with Crippen LogP contribution >= 0.6 is 22.9 Å². The SMILES string of the molecule is CCOc1ccccc1/C=c1\sc2nnc(-c3ccc(Cl)cc3)n2c1=O. The standard InChI is InChI=1S/C19H14ClN3O2S/c1-2-25-15-6-4-3-5-13(15)11-16-18(24)23-17(21-22-19(23)26-16)12-7-9-14(20)10-8-12/h3-11H,2H2,1H3/b16-11-. The minimum absolute atomic E-state index is 0.147. The van der Waals surface area contributed by atoms with Crippen molar-refractivity contribution in [2.75, 3.05) is 6.61 Å². The molecule has 2 aromatic heterocycles. The zero-order valence-corrected chi connectivity index (χ0v) is 15.4. The molecule has 0 saturated carbocycles. The van der Waals surface area contributed by atoms with E-state index in [1.54, 1.807) is 12.1 Å². The number of hydrogen-bond acceptors (Lipinski definition) is 5. The lowest BCUT2D eigenvalue weighted by molar-refractivity contribution is 0.339. The maximum Gasteiger partial charge on any atom is 0.276 e. The molecule has 2 heterocycles. The Morgan fingerprint density at radius 2 is 1.92 bits per heavy atom. The van der Waals surface area contributed by atoms with E-state index in [1.165, 1.54) is 15.7 Å². The lowest BCUT2D eigenvalue weighted by Crippen LogP contribution is -2.23. The summed E-state index contributed by atoms with van der Waals surface area (Å²) >= 11 is 7.24. The van der Waals surface area contributed by atoms with Gasteiger partial charge in [0.15, 0.2) is 5.82 Å². The second-order valence-corrected chi connectivity index (χ2v) is 6.98. The number of hydrogen-bond donors (Lipinski definition) is 0. The van der Waals surface area contributed by atoms with Gasteiger partial charge in [0, 0.05) is 16.1 Å². The first-order chi connectivity index (χ1) is 12.7. The summed E-state index contributed by atoms with van der Waals surface area (Å²) in [4.78, 5) is 13.5. The molecule has 0 aliphatic carbocycles. The van der Waals surface area contributed by atoms with E-state index in [9.17, 15) is 4.79 Å². The fourth-order valence-electron chi connectivity index (χ4n) is 2.68. The van der Waals surface area contributed by atoms with Crippen LogP contribution in [0.3, 0.4) is 0 Å². The molecular formula is C19H14ClN3O2S. The molecule has 0 atom stereocenters. The van der Waals surface area contributed by atoms with Crippen molar-refractivity contribution in [2.24, 2.45) is 0 Å². The third-order valence-corrected chi connectivity index (χ3v) is 5.07. The molecule has 0 amide bonds. The number of ether oxygens (including phenoxy) is 1. The van der Waals surface area contributed by atoms with Crippen LogP contribution < -0.4 is 14.8 Å². The minimum Gasteiger partial charge on any atom is -0.493 e. The highest BCUT2D eigenvalue weighted by Gasteiger charge is 2.14. The molecule has 2 aromatic carbocycles. The Hall–Kier alpha value is -2.70. The molecule has 0 spiro atoms. The molecule has 0 bridgehead atoms. The van der Waals surface area contributed by atoms with Gasteiger partial charge in [0.2, 0.25) is 4.96 Å². The molecule has 0 aliphatic heterocycles. The second-order valence-electron chi connectivity index (χ2n) is 5.54. The van der Waals surface area contributed by atoms with Crippen molar-refractivity contribution in [3.05, 3.63) is 74.0 Å². The topological polar surface area (TPSA) is 56.5 Å². The van der Waals surface area contributed by atoms with E-state index in [1.807, 2.05) is 49.4 Å². The summed E-state index contributed by atoms with van der Waals surface area (Å²) in [6, 6.07) is 14.8. The Bertz CT molecular complexity index is 1180. The van der Waals surface area contributed by atoms with Crippen LogP contribution in [0, 0.1) is 0 Å². The molecule has 0 fully saturated rings. The maximum atomic E-state index is 12.9. The summed E-state index contributed by atoms with van der Waals surface area (Å²) in [6.07, 6.45) is 1.83. The van der Waals surface area contributed by atoms with Crippen LogP contribution in [0.4, 0.5) is 0 Å². The zero-order valence-electron chi connectivity index (χ0n) is 13.8. The van der Waals surface area contributed by atoms with Crippen molar-refractivity contribution in [3.63, 3.8) is 0 Å². The van der Waals surface area contributed by atoms with Crippen molar-refractivity contribution in [1.29, 1.82) is 0 Å². The Balaban J connectivity index is 1.88. The minimum atomic E-state index is -0.147. The van der Waals surface area contributed by atoms with E-state index in [2.05, 4.69) is 10.2 Å². The Labute approximate surface area is 158 Å². The van der Waals surface area contributed by atoms with Crippen molar-refractivity contribution >= 4 is 34.0 Å². The lowest BCUT2D eigenvalue weighted by Gasteiger charge is -2.05. The van der Waals surface area contributed by atoms with E-state index in [0.717, 1.165) is 16.9 Å². The molecule has 130 valence electrons. The number of thiazole rings is 1. The Kier molecular flexibility index (Phi) is 4.44. The molecule has 5 nitrogen and oxygen atoms in total. The predicted molar refractivity (Wildman–Crippen MR) is 104 cm³/mol. The largest absolute Gasteiger partial charge is 0.493 e. The van der Waals surface area contributed by atoms with Crippen LogP contribution in [0.15, 0.2) is 53.3 Å².